The van der Waals surface area contributed by atoms with E-state index in [0.29, 0.717) is 6.04 Å². The fourth-order valence-electron chi connectivity index (χ4n) is 0. The summed E-state index contributed by atoms with van der Waals surface area (Å²) in [6.45, 7) is 7.52. The summed E-state index contributed by atoms with van der Waals surface area (Å²) in [5, 5.41) is 8.06. The number of nitrogens with two attached hydrogens (primary N) is 1. The van der Waals surface area contributed by atoms with Crippen molar-refractivity contribution in [3.8, 4) is 0 Å². The average molecular weight is 133 g/mol. The van der Waals surface area contributed by atoms with E-state index in [2.05, 4.69) is 6.92 Å². The van der Waals surface area contributed by atoms with E-state index in [4.69, 9.17) is 10.8 Å². The first-order chi connectivity index (χ1) is 4.00. The molecule has 0 radical (unpaired) electrons. The van der Waals surface area contributed by atoms with Crippen molar-refractivity contribution in [1.29, 1.82) is 0 Å². The fourth-order valence-corrected chi connectivity index (χ4v) is 0. The largest absolute Gasteiger partial charge is 0.394 e. The van der Waals surface area contributed by atoms with Crippen LogP contribution in [0.4, 0.5) is 0 Å². The van der Waals surface area contributed by atoms with Crippen LogP contribution in [0.2, 0.25) is 0 Å². The lowest BCUT2D eigenvalue weighted by Gasteiger charge is -1.91. The highest BCUT2D eigenvalue weighted by atomic mass is 16.3. The predicted octanol–water partition coefficient (Wildman–Crippen LogP) is 1.13. The van der Waals surface area contributed by atoms with Gasteiger partial charge in [-0.2, -0.15) is 0 Å². The van der Waals surface area contributed by atoms with E-state index in [1.54, 1.807) is 13.8 Å². The molecule has 0 rings (SSSR count). The molecule has 0 aromatic carbocycles. The molecule has 0 aliphatic carbocycles. The Bertz CT molecular complexity index is 41.4. The van der Waals surface area contributed by atoms with E-state index in [1.165, 1.54) is 0 Å². The predicted molar refractivity (Wildman–Crippen MR) is 41.3 cm³/mol. The monoisotopic (exact) mass is 133 g/mol. The van der Waals surface area contributed by atoms with Gasteiger partial charge in [-0.25, -0.2) is 0 Å². The van der Waals surface area contributed by atoms with Crippen LogP contribution in [0.25, 0.3) is 0 Å². The van der Waals surface area contributed by atoms with Gasteiger partial charge in [-0.3, -0.25) is 0 Å². The Hall–Kier alpha value is -0.0800. The van der Waals surface area contributed by atoms with Crippen molar-refractivity contribution in [3.63, 3.8) is 0 Å². The molecule has 0 aromatic heterocycles. The third-order valence-electron chi connectivity index (χ3n) is 0.644. The van der Waals surface area contributed by atoms with Crippen LogP contribution in [0.1, 0.15) is 34.1 Å². The van der Waals surface area contributed by atoms with Crippen molar-refractivity contribution in [2.75, 3.05) is 0 Å². The average Bonchev–Trinajstić information content (AvgIpc) is 1.65. The summed E-state index contributed by atoms with van der Waals surface area (Å²) >= 11 is 0. The highest BCUT2D eigenvalue weighted by Gasteiger charge is 1.79. The smallest absolute Gasteiger partial charge is 0.0483 e. The first kappa shape index (κ1) is 11.7. The Morgan fingerprint density at radius 3 is 1.44 bits per heavy atom. The van der Waals surface area contributed by atoms with E-state index >= 15 is 0 Å². The van der Waals surface area contributed by atoms with Crippen LogP contribution in [0.5, 0.6) is 0 Å². The van der Waals surface area contributed by atoms with Crippen molar-refractivity contribution in [2.45, 2.75) is 46.3 Å². The Kier molecular flexibility index (Phi) is 10.3. The SMILES string of the molecule is CC(C)O.CCC(C)N. The molecule has 9 heavy (non-hydrogen) atoms. The van der Waals surface area contributed by atoms with Crippen LogP contribution >= 0.6 is 0 Å². The van der Waals surface area contributed by atoms with Crippen molar-refractivity contribution in [3.05, 3.63) is 0 Å². The van der Waals surface area contributed by atoms with Crippen molar-refractivity contribution in [1.82, 2.24) is 0 Å². The van der Waals surface area contributed by atoms with Crippen molar-refractivity contribution in [2.24, 2.45) is 5.73 Å². The van der Waals surface area contributed by atoms with Gasteiger partial charge < -0.3 is 10.8 Å². The van der Waals surface area contributed by atoms with Crippen LogP contribution in [-0.4, -0.2) is 17.3 Å². The minimum Gasteiger partial charge on any atom is -0.394 e. The van der Waals surface area contributed by atoms with Gasteiger partial charge in [0.05, 0.1) is 0 Å². The quantitative estimate of drug-likeness (QED) is 0.563. The Morgan fingerprint density at radius 1 is 1.33 bits per heavy atom. The fraction of sp³-hybridized carbons (Fsp3) is 1.00. The molecule has 0 heterocycles. The summed E-state index contributed by atoms with van der Waals surface area (Å²) in [6, 6.07) is 0.384. The molecule has 0 aliphatic rings. The molecule has 0 fully saturated rings. The van der Waals surface area contributed by atoms with E-state index < -0.39 is 0 Å². The number of rotatable bonds is 1. The summed E-state index contributed by atoms with van der Waals surface area (Å²) in [7, 11) is 0. The zero-order valence-electron chi connectivity index (χ0n) is 6.89. The van der Waals surface area contributed by atoms with Crippen molar-refractivity contribution < 1.29 is 5.11 Å². The number of hydrogen-bond donors (Lipinski definition) is 2. The van der Waals surface area contributed by atoms with Gasteiger partial charge in [-0.15, -0.1) is 0 Å². The van der Waals surface area contributed by atoms with E-state index in [0.717, 1.165) is 6.42 Å². The van der Waals surface area contributed by atoms with Crippen molar-refractivity contribution >= 4 is 0 Å². The Morgan fingerprint density at radius 2 is 1.44 bits per heavy atom. The molecule has 0 spiro atoms. The topological polar surface area (TPSA) is 46.2 Å². The molecule has 58 valence electrons. The highest BCUT2D eigenvalue weighted by molar-refractivity contribution is 4.43. The minimum absolute atomic E-state index is 0.167. The van der Waals surface area contributed by atoms with Crippen LogP contribution in [0.15, 0.2) is 0 Å². The highest BCUT2D eigenvalue weighted by Crippen LogP contribution is 1.77. The molecule has 0 saturated carbocycles. The van der Waals surface area contributed by atoms with Gasteiger partial charge in [0, 0.05) is 12.1 Å². The first-order valence-corrected chi connectivity index (χ1v) is 3.44. The second-order valence-electron chi connectivity index (χ2n) is 2.48. The number of aliphatic hydroxyl groups is 1. The van der Waals surface area contributed by atoms with Gasteiger partial charge in [0.2, 0.25) is 0 Å². The molecular formula is C7H19NO. The summed E-state index contributed by atoms with van der Waals surface area (Å²) in [4.78, 5) is 0. The normalized spacial score (nSPS) is 12.3. The second kappa shape index (κ2) is 7.92. The third kappa shape index (κ3) is 75.3. The lowest BCUT2D eigenvalue weighted by atomic mass is 10.3. The standard InChI is InChI=1S/C4H11N.C3H8O/c1-3-4(2)5;1-3(2)4/h4H,3,5H2,1-2H3;3-4H,1-2H3. The Balaban J connectivity index is 0. The first-order valence-electron chi connectivity index (χ1n) is 3.44. The van der Waals surface area contributed by atoms with Crippen LogP contribution in [-0.2, 0) is 0 Å². The van der Waals surface area contributed by atoms with Crippen LogP contribution < -0.4 is 5.73 Å². The summed E-state index contributed by atoms with van der Waals surface area (Å²) < 4.78 is 0. The Labute approximate surface area is 58.1 Å². The molecule has 0 amide bonds. The maximum atomic E-state index is 8.06. The van der Waals surface area contributed by atoms with E-state index in [1.807, 2.05) is 6.92 Å². The molecular weight excluding hydrogens is 114 g/mol. The molecule has 3 N–H and O–H groups in total. The summed E-state index contributed by atoms with van der Waals surface area (Å²) in [6.07, 6.45) is 0.917. The number of hydrogen-bond acceptors (Lipinski definition) is 2. The second-order valence-corrected chi connectivity index (χ2v) is 2.48. The molecule has 1 atom stereocenters. The molecule has 0 bridgehead atoms. The van der Waals surface area contributed by atoms with E-state index in [9.17, 15) is 0 Å². The maximum absolute atomic E-state index is 8.06. The molecule has 2 heteroatoms. The zero-order chi connectivity index (χ0) is 7.86. The van der Waals surface area contributed by atoms with Crippen LogP contribution in [0.3, 0.4) is 0 Å². The number of aliphatic hydroxyl groups excluding tert-OH is 1. The van der Waals surface area contributed by atoms with Crippen LogP contribution in [0, 0.1) is 0 Å². The van der Waals surface area contributed by atoms with E-state index in [-0.39, 0.29) is 6.10 Å². The molecule has 1 unspecified atom stereocenters. The van der Waals surface area contributed by atoms with Gasteiger partial charge in [0.15, 0.2) is 0 Å². The lowest BCUT2D eigenvalue weighted by molar-refractivity contribution is 0.216. The zero-order valence-corrected chi connectivity index (χ0v) is 6.89. The van der Waals surface area contributed by atoms with Gasteiger partial charge in [-0.05, 0) is 27.2 Å². The maximum Gasteiger partial charge on any atom is 0.0483 e. The molecule has 0 aliphatic heterocycles. The summed E-state index contributed by atoms with van der Waals surface area (Å²) in [5.41, 5.74) is 5.29. The summed E-state index contributed by atoms with van der Waals surface area (Å²) in [5.74, 6) is 0. The van der Waals surface area contributed by atoms with Gasteiger partial charge in [0.1, 0.15) is 0 Å². The molecule has 0 saturated heterocycles. The van der Waals surface area contributed by atoms with Gasteiger partial charge >= 0.3 is 0 Å². The molecule has 2 nitrogen and oxygen atoms in total. The van der Waals surface area contributed by atoms with Gasteiger partial charge in [0.25, 0.3) is 0 Å². The third-order valence-corrected chi connectivity index (χ3v) is 0.644. The molecule has 0 aromatic rings. The van der Waals surface area contributed by atoms with Gasteiger partial charge in [-0.1, -0.05) is 6.92 Å². The lowest BCUT2D eigenvalue weighted by Crippen LogP contribution is -2.11. The minimum atomic E-state index is -0.167.